The smallest absolute Gasteiger partial charge is 0.305 e. The molecule has 0 radical (unpaired) electrons. The highest BCUT2D eigenvalue weighted by Crippen LogP contribution is 2.16. The van der Waals surface area contributed by atoms with E-state index in [0.29, 0.717) is 25.9 Å². The van der Waals surface area contributed by atoms with Crippen LogP contribution in [0.4, 0.5) is 0 Å². The first kappa shape index (κ1) is 65.6. The summed E-state index contributed by atoms with van der Waals surface area (Å²) in [5.41, 5.74) is 0. The fourth-order valence-corrected chi connectivity index (χ4v) is 8.71. The fourth-order valence-electron chi connectivity index (χ4n) is 8.71. The molecule has 3 N–H and O–H groups in total. The van der Waals surface area contributed by atoms with Gasteiger partial charge in [0, 0.05) is 12.8 Å². The third-order valence-electron chi connectivity index (χ3n) is 13.3. The van der Waals surface area contributed by atoms with Crippen LogP contribution < -0.4 is 5.32 Å². The number of carbonyl (C=O) groups excluding carboxylic acids is 2. The van der Waals surface area contributed by atoms with Crippen molar-refractivity contribution in [1.29, 1.82) is 0 Å². The molecule has 0 heterocycles. The second-order valence-electron chi connectivity index (χ2n) is 20.0. The molecule has 0 fully saturated rings. The number of nitrogens with one attached hydrogen (secondary N) is 1. The SMILES string of the molecule is CCCCCC/C=C\C/C=C\CCCCCCCC(=O)OCCCCCCCC/C=C\C/C=C\CCC(=O)NC(CO)C(O)/C=C/CCCCCCCCCCCCCCCCCCCCCC. The van der Waals surface area contributed by atoms with Gasteiger partial charge in [-0.3, -0.25) is 9.59 Å². The third-order valence-corrected chi connectivity index (χ3v) is 13.3. The number of aliphatic hydroxyl groups is 2. The van der Waals surface area contributed by atoms with Gasteiger partial charge in [0.25, 0.3) is 0 Å². The molecule has 0 aliphatic rings. The molecule has 6 heteroatoms. The first-order chi connectivity index (χ1) is 33.5. The van der Waals surface area contributed by atoms with Gasteiger partial charge >= 0.3 is 5.97 Å². The van der Waals surface area contributed by atoms with E-state index in [2.05, 4.69) is 61.7 Å². The fraction of sp³-hybridized carbons (Fsp3) is 0.806. The number of allylic oxidation sites excluding steroid dienone is 9. The molecule has 396 valence electrons. The lowest BCUT2D eigenvalue weighted by Crippen LogP contribution is -2.45. The van der Waals surface area contributed by atoms with Gasteiger partial charge in [-0.2, -0.15) is 0 Å². The van der Waals surface area contributed by atoms with Crippen LogP contribution in [0.25, 0.3) is 0 Å². The Bertz CT molecular complexity index is 1190. The Morgan fingerprint density at radius 3 is 1.16 bits per heavy atom. The minimum absolute atomic E-state index is 0.0323. The maximum atomic E-state index is 12.4. The van der Waals surface area contributed by atoms with E-state index >= 15 is 0 Å². The largest absolute Gasteiger partial charge is 0.466 e. The van der Waals surface area contributed by atoms with Crippen molar-refractivity contribution in [2.45, 2.75) is 309 Å². The summed E-state index contributed by atoms with van der Waals surface area (Å²) in [5.74, 6) is -0.181. The number of hydrogen-bond acceptors (Lipinski definition) is 5. The minimum atomic E-state index is -0.882. The summed E-state index contributed by atoms with van der Waals surface area (Å²) in [7, 11) is 0. The molecular weight excluding hydrogens is 839 g/mol. The number of rotatable bonds is 54. The van der Waals surface area contributed by atoms with E-state index in [0.717, 1.165) is 64.2 Å². The van der Waals surface area contributed by atoms with Gasteiger partial charge in [-0.05, 0) is 83.5 Å². The van der Waals surface area contributed by atoms with Crippen LogP contribution in [0.1, 0.15) is 296 Å². The lowest BCUT2D eigenvalue weighted by molar-refractivity contribution is -0.143. The molecular formula is C62H113NO5. The molecule has 0 bridgehead atoms. The molecule has 68 heavy (non-hydrogen) atoms. The van der Waals surface area contributed by atoms with Gasteiger partial charge in [0.1, 0.15) is 0 Å². The summed E-state index contributed by atoms with van der Waals surface area (Å²) < 4.78 is 5.45. The molecule has 0 aromatic rings. The van der Waals surface area contributed by atoms with E-state index in [9.17, 15) is 19.8 Å². The molecule has 0 aromatic heterocycles. The van der Waals surface area contributed by atoms with Crippen molar-refractivity contribution in [3.05, 3.63) is 60.8 Å². The van der Waals surface area contributed by atoms with Crippen LogP contribution in [-0.2, 0) is 14.3 Å². The van der Waals surface area contributed by atoms with Crippen molar-refractivity contribution in [2.75, 3.05) is 13.2 Å². The van der Waals surface area contributed by atoms with Crippen LogP contribution in [0.3, 0.4) is 0 Å². The van der Waals surface area contributed by atoms with Crippen molar-refractivity contribution < 1.29 is 24.5 Å². The van der Waals surface area contributed by atoms with Crippen molar-refractivity contribution in [3.63, 3.8) is 0 Å². The van der Waals surface area contributed by atoms with E-state index in [4.69, 9.17) is 4.74 Å². The standard InChI is InChI=1S/C62H113NO5/c1-3-5-7-9-11-13-15-17-19-21-22-23-24-25-26-27-30-34-38-42-46-50-54-60(65)59(58-64)63-61(66)55-51-47-43-39-35-31-29-33-37-41-45-49-53-57-68-62(67)56-52-48-44-40-36-32-28-20-18-16-14-12-10-8-6-4-2/h14,16,20,28,31,35,43,47,50,54,59-60,64-65H,3-13,15,17-19,21-27,29-30,32-34,36-42,44-46,48-49,51-53,55-58H2,1-2H3,(H,63,66)/b16-14-,28-20-,35-31-,47-43-,54-50+. The Hall–Kier alpha value is -2.44. The Balaban J connectivity index is 3.59. The average molecular weight is 953 g/mol. The number of amides is 1. The highest BCUT2D eigenvalue weighted by molar-refractivity contribution is 5.76. The van der Waals surface area contributed by atoms with Crippen LogP contribution in [0.5, 0.6) is 0 Å². The molecule has 0 aliphatic carbocycles. The number of hydrogen-bond donors (Lipinski definition) is 3. The summed E-state index contributed by atoms with van der Waals surface area (Å²) in [4.78, 5) is 24.5. The Morgan fingerprint density at radius 1 is 0.412 bits per heavy atom. The quantitative estimate of drug-likeness (QED) is 0.0321. The number of unbranched alkanes of at least 4 members (excludes halogenated alkanes) is 35. The Labute approximate surface area is 422 Å². The topological polar surface area (TPSA) is 95.9 Å². The highest BCUT2D eigenvalue weighted by Gasteiger charge is 2.17. The molecule has 0 saturated heterocycles. The van der Waals surface area contributed by atoms with Gasteiger partial charge in [-0.1, -0.05) is 261 Å². The predicted octanol–water partition coefficient (Wildman–Crippen LogP) is 18.4. The number of ether oxygens (including phenoxy) is 1. The van der Waals surface area contributed by atoms with Crippen molar-refractivity contribution in [2.24, 2.45) is 0 Å². The molecule has 0 rings (SSSR count). The maximum Gasteiger partial charge on any atom is 0.305 e. The van der Waals surface area contributed by atoms with Gasteiger partial charge in [0.15, 0.2) is 0 Å². The first-order valence-electron chi connectivity index (χ1n) is 29.6. The summed E-state index contributed by atoms with van der Waals surface area (Å²) in [6.45, 7) is 4.82. The zero-order valence-electron chi connectivity index (χ0n) is 45.1. The number of esters is 1. The van der Waals surface area contributed by atoms with Gasteiger partial charge in [0.05, 0.1) is 25.4 Å². The lowest BCUT2D eigenvalue weighted by Gasteiger charge is -2.19. The summed E-state index contributed by atoms with van der Waals surface area (Å²) >= 11 is 0. The van der Waals surface area contributed by atoms with E-state index in [1.54, 1.807) is 6.08 Å². The van der Waals surface area contributed by atoms with Gasteiger partial charge < -0.3 is 20.3 Å². The molecule has 2 unspecified atom stereocenters. The van der Waals surface area contributed by atoms with Crippen LogP contribution in [0.15, 0.2) is 60.8 Å². The molecule has 0 aliphatic heterocycles. The second-order valence-corrected chi connectivity index (χ2v) is 20.0. The minimum Gasteiger partial charge on any atom is -0.466 e. The highest BCUT2D eigenvalue weighted by atomic mass is 16.5. The molecule has 0 saturated carbocycles. The lowest BCUT2D eigenvalue weighted by atomic mass is 10.0. The molecule has 1 amide bonds. The zero-order valence-corrected chi connectivity index (χ0v) is 45.1. The number of carbonyl (C=O) groups is 2. The van der Waals surface area contributed by atoms with Crippen LogP contribution in [0.2, 0.25) is 0 Å². The van der Waals surface area contributed by atoms with Gasteiger partial charge in [-0.25, -0.2) is 0 Å². The van der Waals surface area contributed by atoms with Crippen LogP contribution in [-0.4, -0.2) is 47.4 Å². The maximum absolute atomic E-state index is 12.4. The summed E-state index contributed by atoms with van der Waals surface area (Å²) in [5, 5.41) is 23.1. The molecule has 0 spiro atoms. The number of aliphatic hydroxyl groups excluding tert-OH is 2. The monoisotopic (exact) mass is 952 g/mol. The van der Waals surface area contributed by atoms with Crippen LogP contribution in [0, 0.1) is 0 Å². The normalized spacial score (nSPS) is 13.1. The molecule has 0 aromatic carbocycles. The summed E-state index contributed by atoms with van der Waals surface area (Å²) in [6, 6.07) is -0.675. The van der Waals surface area contributed by atoms with Crippen molar-refractivity contribution in [1.82, 2.24) is 5.32 Å². The van der Waals surface area contributed by atoms with Crippen molar-refractivity contribution in [3.8, 4) is 0 Å². The second kappa shape index (κ2) is 57.1. The average Bonchev–Trinajstić information content (AvgIpc) is 3.34. The Kier molecular flexibility index (Phi) is 55.1. The molecule has 6 nitrogen and oxygen atoms in total. The van der Waals surface area contributed by atoms with Crippen molar-refractivity contribution >= 4 is 11.9 Å². The zero-order chi connectivity index (χ0) is 49.3. The van der Waals surface area contributed by atoms with Gasteiger partial charge in [0.2, 0.25) is 5.91 Å². The van der Waals surface area contributed by atoms with Gasteiger partial charge in [-0.15, -0.1) is 0 Å². The third kappa shape index (κ3) is 52.9. The molecule has 2 atom stereocenters. The van der Waals surface area contributed by atoms with E-state index in [1.165, 1.54) is 199 Å². The van der Waals surface area contributed by atoms with Crippen LogP contribution >= 0.6 is 0 Å². The summed E-state index contributed by atoms with van der Waals surface area (Å²) in [6.07, 6.45) is 74.0. The van der Waals surface area contributed by atoms with E-state index in [-0.39, 0.29) is 18.5 Å². The Morgan fingerprint density at radius 2 is 0.750 bits per heavy atom. The first-order valence-corrected chi connectivity index (χ1v) is 29.6. The predicted molar refractivity (Wildman–Crippen MR) is 296 cm³/mol. The van der Waals surface area contributed by atoms with E-state index in [1.807, 2.05) is 12.2 Å². The van der Waals surface area contributed by atoms with E-state index < -0.39 is 12.1 Å².